The Bertz CT molecular complexity index is 955. The zero-order chi connectivity index (χ0) is 18.1. The number of aromatic nitrogens is 1. The van der Waals surface area contributed by atoms with E-state index in [1.165, 1.54) is 11.3 Å². The second kappa shape index (κ2) is 7.17. The number of carbonyl (C=O) groups is 2. The van der Waals surface area contributed by atoms with Crippen LogP contribution in [0.3, 0.4) is 0 Å². The Balaban J connectivity index is 1.74. The van der Waals surface area contributed by atoms with E-state index in [0.29, 0.717) is 23.7 Å². The van der Waals surface area contributed by atoms with Gasteiger partial charge in [-0.05, 0) is 46.6 Å². The van der Waals surface area contributed by atoms with Crippen molar-refractivity contribution in [2.75, 3.05) is 18.1 Å². The van der Waals surface area contributed by atoms with E-state index in [4.69, 9.17) is 0 Å². The van der Waals surface area contributed by atoms with Crippen molar-refractivity contribution in [1.82, 2.24) is 9.88 Å². The van der Waals surface area contributed by atoms with Gasteiger partial charge in [-0.3, -0.25) is 14.5 Å². The molecule has 0 aliphatic carbocycles. The summed E-state index contributed by atoms with van der Waals surface area (Å²) < 4.78 is 1.74. The maximum Gasteiger partial charge on any atom is 0.262 e. The third kappa shape index (κ3) is 3.24. The molecule has 1 aliphatic rings. The lowest BCUT2D eigenvalue weighted by Crippen LogP contribution is -2.42. The number of anilines is 1. The van der Waals surface area contributed by atoms with E-state index in [0.717, 1.165) is 21.1 Å². The molecule has 0 spiro atoms. The summed E-state index contributed by atoms with van der Waals surface area (Å²) in [6.07, 6.45) is 1.37. The second-order valence-electron chi connectivity index (χ2n) is 6.08. The molecule has 1 aromatic heterocycles. The van der Waals surface area contributed by atoms with Gasteiger partial charge in [-0.2, -0.15) is 0 Å². The van der Waals surface area contributed by atoms with Gasteiger partial charge in [-0.15, -0.1) is 0 Å². The average molecular weight is 430 g/mol. The van der Waals surface area contributed by atoms with Crippen molar-refractivity contribution in [2.24, 2.45) is 0 Å². The number of amides is 2. The van der Waals surface area contributed by atoms with E-state index in [9.17, 15) is 9.59 Å². The van der Waals surface area contributed by atoms with Crippen LogP contribution in [-0.4, -0.2) is 34.9 Å². The molecule has 26 heavy (non-hydrogen) atoms. The van der Waals surface area contributed by atoms with Crippen molar-refractivity contribution in [2.45, 2.75) is 12.8 Å². The molecule has 1 saturated heterocycles. The van der Waals surface area contributed by atoms with Crippen molar-refractivity contribution in [3.8, 4) is 0 Å². The molecule has 0 atom stereocenters. The van der Waals surface area contributed by atoms with Crippen LogP contribution < -0.4 is 4.90 Å². The molecule has 0 bridgehead atoms. The average Bonchev–Trinajstić information content (AvgIpc) is 3.25. The first kappa shape index (κ1) is 17.2. The summed E-state index contributed by atoms with van der Waals surface area (Å²) in [5.41, 5.74) is 1.41. The van der Waals surface area contributed by atoms with Crippen LogP contribution in [0.1, 0.15) is 23.2 Å². The lowest BCUT2D eigenvalue weighted by molar-refractivity contribution is -0.127. The molecule has 132 valence electrons. The van der Waals surface area contributed by atoms with Gasteiger partial charge in [0.25, 0.3) is 5.91 Å². The second-order valence-corrected chi connectivity index (χ2v) is 7.94. The zero-order valence-corrected chi connectivity index (χ0v) is 16.3. The Morgan fingerprint density at radius 1 is 1.19 bits per heavy atom. The number of hydrogen-bond acceptors (Lipinski definition) is 4. The molecule has 2 aromatic carbocycles. The van der Waals surface area contributed by atoms with Gasteiger partial charge in [0.1, 0.15) is 6.67 Å². The van der Waals surface area contributed by atoms with Crippen molar-refractivity contribution in [3.63, 3.8) is 0 Å². The summed E-state index contributed by atoms with van der Waals surface area (Å²) in [4.78, 5) is 33.3. The maximum absolute atomic E-state index is 13.3. The number of likely N-dealkylation sites (tertiary alicyclic amines) is 1. The first-order valence-corrected chi connectivity index (χ1v) is 9.94. The topological polar surface area (TPSA) is 53.5 Å². The molecule has 3 aromatic rings. The summed E-state index contributed by atoms with van der Waals surface area (Å²) in [5, 5.41) is 0.603. The molecule has 0 unspecified atom stereocenters. The number of fused-ring (bicyclic) bond motifs is 1. The predicted octanol–water partition coefficient (Wildman–Crippen LogP) is 4.29. The number of hydrogen-bond donors (Lipinski definition) is 0. The summed E-state index contributed by atoms with van der Waals surface area (Å²) in [6, 6.07) is 15.1. The van der Waals surface area contributed by atoms with Gasteiger partial charge in [0.2, 0.25) is 5.91 Å². The largest absolute Gasteiger partial charge is 0.324 e. The van der Waals surface area contributed by atoms with Crippen molar-refractivity contribution >= 4 is 54.4 Å². The monoisotopic (exact) mass is 429 g/mol. The molecule has 0 N–H and O–H groups in total. The summed E-state index contributed by atoms with van der Waals surface area (Å²) in [7, 11) is 0. The van der Waals surface area contributed by atoms with Crippen LogP contribution >= 0.6 is 27.3 Å². The Morgan fingerprint density at radius 2 is 1.96 bits per heavy atom. The standard InChI is InChI=1S/C19H16BrN3O2S/c20-14-7-2-1-6-13(14)18(25)23(12-22-11-5-10-17(22)24)19-21-15-8-3-4-9-16(15)26-19/h1-4,6-9H,5,10-12H2. The number of rotatable bonds is 4. The molecular formula is C19H16BrN3O2S. The molecule has 2 heterocycles. The maximum atomic E-state index is 13.3. The number of carbonyl (C=O) groups excluding carboxylic acids is 2. The van der Waals surface area contributed by atoms with Crippen LogP contribution in [-0.2, 0) is 4.79 Å². The van der Waals surface area contributed by atoms with Crippen LogP contribution in [0.15, 0.2) is 53.0 Å². The fourth-order valence-corrected chi connectivity index (χ4v) is 4.40. The molecule has 1 fully saturated rings. The van der Waals surface area contributed by atoms with Crippen LogP contribution in [0.25, 0.3) is 10.2 Å². The van der Waals surface area contributed by atoms with E-state index in [1.54, 1.807) is 15.9 Å². The molecule has 0 saturated carbocycles. The van der Waals surface area contributed by atoms with Crippen LogP contribution in [0.2, 0.25) is 0 Å². The Morgan fingerprint density at radius 3 is 2.69 bits per heavy atom. The first-order chi connectivity index (χ1) is 12.6. The van der Waals surface area contributed by atoms with Crippen molar-refractivity contribution < 1.29 is 9.59 Å². The third-order valence-electron chi connectivity index (χ3n) is 4.35. The van der Waals surface area contributed by atoms with Crippen LogP contribution in [0, 0.1) is 0 Å². The van der Waals surface area contributed by atoms with E-state index in [-0.39, 0.29) is 18.5 Å². The molecule has 1 aliphatic heterocycles. The predicted molar refractivity (Wildman–Crippen MR) is 106 cm³/mol. The van der Waals surface area contributed by atoms with Gasteiger partial charge in [0.15, 0.2) is 5.13 Å². The zero-order valence-electron chi connectivity index (χ0n) is 13.9. The summed E-state index contributed by atoms with van der Waals surface area (Å²) in [5.74, 6) is -0.0905. The van der Waals surface area contributed by atoms with Gasteiger partial charge in [-0.25, -0.2) is 4.98 Å². The number of halogens is 1. The highest BCUT2D eigenvalue weighted by molar-refractivity contribution is 9.10. The Hall–Kier alpha value is -2.25. The first-order valence-electron chi connectivity index (χ1n) is 8.33. The van der Waals surface area contributed by atoms with Crippen molar-refractivity contribution in [1.29, 1.82) is 0 Å². The van der Waals surface area contributed by atoms with E-state index < -0.39 is 0 Å². The smallest absolute Gasteiger partial charge is 0.262 e. The molecule has 0 radical (unpaired) electrons. The van der Waals surface area contributed by atoms with Gasteiger partial charge < -0.3 is 4.90 Å². The van der Waals surface area contributed by atoms with E-state index in [1.807, 2.05) is 42.5 Å². The van der Waals surface area contributed by atoms with E-state index in [2.05, 4.69) is 20.9 Å². The van der Waals surface area contributed by atoms with Gasteiger partial charge in [0, 0.05) is 17.4 Å². The normalized spacial score (nSPS) is 14.2. The third-order valence-corrected chi connectivity index (χ3v) is 6.10. The number of benzene rings is 2. The minimum absolute atomic E-state index is 0.0797. The van der Waals surface area contributed by atoms with Crippen LogP contribution in [0.4, 0.5) is 5.13 Å². The summed E-state index contributed by atoms with van der Waals surface area (Å²) >= 11 is 4.91. The van der Waals surface area contributed by atoms with E-state index >= 15 is 0 Å². The lowest BCUT2D eigenvalue weighted by atomic mass is 10.2. The van der Waals surface area contributed by atoms with Crippen LogP contribution in [0.5, 0.6) is 0 Å². The Labute approximate surface area is 163 Å². The fraction of sp³-hybridized carbons (Fsp3) is 0.211. The molecule has 4 rings (SSSR count). The minimum Gasteiger partial charge on any atom is -0.324 e. The molecule has 7 heteroatoms. The number of nitrogens with zero attached hydrogens (tertiary/aromatic N) is 3. The van der Waals surface area contributed by atoms with Gasteiger partial charge >= 0.3 is 0 Å². The highest BCUT2D eigenvalue weighted by Gasteiger charge is 2.28. The molecule has 2 amide bonds. The quantitative estimate of drug-likeness (QED) is 0.621. The van der Waals surface area contributed by atoms with Gasteiger partial charge in [-0.1, -0.05) is 35.6 Å². The van der Waals surface area contributed by atoms with Gasteiger partial charge in [0.05, 0.1) is 15.8 Å². The highest BCUT2D eigenvalue weighted by atomic mass is 79.9. The number of para-hydroxylation sites is 1. The number of thiazole rings is 1. The van der Waals surface area contributed by atoms with Crippen molar-refractivity contribution in [3.05, 3.63) is 58.6 Å². The molecular weight excluding hydrogens is 414 g/mol. The minimum atomic E-state index is -0.170. The Kier molecular flexibility index (Phi) is 4.74. The lowest BCUT2D eigenvalue weighted by Gasteiger charge is -2.26. The highest BCUT2D eigenvalue weighted by Crippen LogP contribution is 2.31. The summed E-state index contributed by atoms with van der Waals surface area (Å²) in [6.45, 7) is 0.891. The fourth-order valence-electron chi connectivity index (χ4n) is 2.99. The molecule has 5 nitrogen and oxygen atoms in total. The SMILES string of the molecule is O=C1CCCN1CN(C(=O)c1ccccc1Br)c1nc2ccccc2s1.